The van der Waals surface area contributed by atoms with Gasteiger partial charge in [-0.3, -0.25) is 9.59 Å². The number of ether oxygens (including phenoxy) is 1. The minimum absolute atomic E-state index is 0.00259. The van der Waals surface area contributed by atoms with Crippen LogP contribution in [0.15, 0.2) is 53.0 Å². The van der Waals surface area contributed by atoms with Gasteiger partial charge in [-0.25, -0.2) is 0 Å². The molecule has 6 heteroatoms. The van der Waals surface area contributed by atoms with Crippen molar-refractivity contribution in [2.75, 3.05) is 6.61 Å². The Bertz CT molecular complexity index is 806. The van der Waals surface area contributed by atoms with Gasteiger partial charge in [-0.1, -0.05) is 46.3 Å². The first-order chi connectivity index (χ1) is 13.3. The summed E-state index contributed by atoms with van der Waals surface area (Å²) >= 11 is 3.41. The molecule has 0 spiro atoms. The van der Waals surface area contributed by atoms with Crippen LogP contribution in [-0.2, 0) is 16.1 Å². The van der Waals surface area contributed by atoms with Crippen LogP contribution in [0, 0.1) is 6.92 Å². The molecular weight excluding hydrogens is 420 g/mol. The van der Waals surface area contributed by atoms with E-state index in [-0.39, 0.29) is 24.5 Å². The third kappa shape index (κ3) is 6.37. The average Bonchev–Trinajstić information content (AvgIpc) is 2.65. The van der Waals surface area contributed by atoms with E-state index in [1.54, 1.807) is 11.8 Å². The molecule has 2 rings (SSSR count). The molecule has 0 fully saturated rings. The van der Waals surface area contributed by atoms with Gasteiger partial charge in [0.15, 0.2) is 6.61 Å². The van der Waals surface area contributed by atoms with E-state index in [2.05, 4.69) is 21.2 Å². The molecule has 0 aromatic heterocycles. The number of amides is 2. The molecule has 2 amide bonds. The van der Waals surface area contributed by atoms with E-state index in [0.29, 0.717) is 12.3 Å². The van der Waals surface area contributed by atoms with Crippen molar-refractivity contribution in [1.82, 2.24) is 10.2 Å². The lowest BCUT2D eigenvalue weighted by Gasteiger charge is -2.29. The molecule has 150 valence electrons. The lowest BCUT2D eigenvalue weighted by atomic mass is 10.1. The summed E-state index contributed by atoms with van der Waals surface area (Å²) in [6, 6.07) is 14.6. The lowest BCUT2D eigenvalue weighted by Crippen LogP contribution is -2.50. The van der Waals surface area contributed by atoms with Gasteiger partial charge in [-0.05, 0) is 57.0 Å². The molecule has 28 heavy (non-hydrogen) atoms. The topological polar surface area (TPSA) is 58.6 Å². The van der Waals surface area contributed by atoms with Gasteiger partial charge in [0.25, 0.3) is 5.91 Å². The quantitative estimate of drug-likeness (QED) is 0.664. The maximum Gasteiger partial charge on any atom is 0.261 e. The monoisotopic (exact) mass is 446 g/mol. The van der Waals surface area contributed by atoms with Gasteiger partial charge >= 0.3 is 0 Å². The number of carbonyl (C=O) groups excluding carboxylic acids is 2. The van der Waals surface area contributed by atoms with Crippen LogP contribution in [-0.4, -0.2) is 35.4 Å². The van der Waals surface area contributed by atoms with Crippen molar-refractivity contribution in [1.29, 1.82) is 0 Å². The van der Waals surface area contributed by atoms with Crippen molar-refractivity contribution in [3.8, 4) is 5.75 Å². The van der Waals surface area contributed by atoms with Crippen molar-refractivity contribution >= 4 is 27.7 Å². The normalized spacial score (nSPS) is 11.8. The molecule has 1 unspecified atom stereocenters. The van der Waals surface area contributed by atoms with Crippen LogP contribution in [0.1, 0.15) is 31.9 Å². The SMILES string of the molecule is Cc1ccccc1OCC(=O)N(Cc1ccc(Br)cc1)C(C)C(=O)NC(C)C. The largest absolute Gasteiger partial charge is 0.484 e. The van der Waals surface area contributed by atoms with E-state index in [0.717, 1.165) is 15.6 Å². The molecule has 2 aromatic carbocycles. The number of para-hydroxylation sites is 1. The zero-order valence-electron chi connectivity index (χ0n) is 16.7. The van der Waals surface area contributed by atoms with Crippen LogP contribution in [0.2, 0.25) is 0 Å². The fraction of sp³-hybridized carbons (Fsp3) is 0.364. The zero-order valence-corrected chi connectivity index (χ0v) is 18.3. The van der Waals surface area contributed by atoms with Crippen molar-refractivity contribution in [3.63, 3.8) is 0 Å². The molecule has 0 aliphatic rings. The van der Waals surface area contributed by atoms with Crippen LogP contribution in [0.3, 0.4) is 0 Å². The van der Waals surface area contributed by atoms with Gasteiger partial charge in [0, 0.05) is 17.1 Å². The number of benzene rings is 2. The van der Waals surface area contributed by atoms with Crippen LogP contribution < -0.4 is 10.1 Å². The van der Waals surface area contributed by atoms with E-state index in [4.69, 9.17) is 4.74 Å². The Hall–Kier alpha value is -2.34. The molecule has 0 aliphatic heterocycles. The molecule has 1 atom stereocenters. The minimum atomic E-state index is -0.612. The second kappa shape index (κ2) is 10.3. The van der Waals surface area contributed by atoms with E-state index in [9.17, 15) is 9.59 Å². The molecular formula is C22H27BrN2O3. The molecule has 0 bridgehead atoms. The highest BCUT2D eigenvalue weighted by atomic mass is 79.9. The summed E-state index contributed by atoms with van der Waals surface area (Å²) in [5, 5.41) is 2.87. The molecule has 0 aliphatic carbocycles. The van der Waals surface area contributed by atoms with Gasteiger partial charge < -0.3 is 15.0 Å². The second-order valence-electron chi connectivity index (χ2n) is 7.04. The number of hydrogen-bond donors (Lipinski definition) is 1. The summed E-state index contributed by atoms with van der Waals surface area (Å²) in [5.41, 5.74) is 1.90. The lowest BCUT2D eigenvalue weighted by molar-refractivity contribution is -0.142. The number of halogens is 1. The van der Waals surface area contributed by atoms with Crippen LogP contribution in [0.25, 0.3) is 0 Å². The first-order valence-corrected chi connectivity index (χ1v) is 10.1. The Morgan fingerprint density at radius 1 is 1.07 bits per heavy atom. The van der Waals surface area contributed by atoms with E-state index >= 15 is 0 Å². The molecule has 0 saturated heterocycles. The fourth-order valence-electron chi connectivity index (χ4n) is 2.72. The molecule has 1 N–H and O–H groups in total. The summed E-state index contributed by atoms with van der Waals surface area (Å²) in [5.74, 6) is 0.243. The Morgan fingerprint density at radius 3 is 2.32 bits per heavy atom. The van der Waals surface area contributed by atoms with Crippen molar-refractivity contribution in [2.24, 2.45) is 0 Å². The predicted octanol–water partition coefficient (Wildman–Crippen LogP) is 4.08. The molecule has 2 aromatic rings. The number of nitrogens with zero attached hydrogens (tertiary/aromatic N) is 1. The summed E-state index contributed by atoms with van der Waals surface area (Å²) < 4.78 is 6.68. The highest BCUT2D eigenvalue weighted by Crippen LogP contribution is 2.18. The number of carbonyl (C=O) groups is 2. The van der Waals surface area contributed by atoms with Crippen LogP contribution in [0.5, 0.6) is 5.75 Å². The van der Waals surface area contributed by atoms with Gasteiger partial charge in [-0.15, -0.1) is 0 Å². The smallest absolute Gasteiger partial charge is 0.261 e. The van der Waals surface area contributed by atoms with Crippen molar-refractivity contribution in [3.05, 3.63) is 64.1 Å². The summed E-state index contributed by atoms with van der Waals surface area (Å²) in [6.45, 7) is 7.66. The number of nitrogens with one attached hydrogen (secondary N) is 1. The Morgan fingerprint density at radius 2 is 1.71 bits per heavy atom. The summed E-state index contributed by atoms with van der Waals surface area (Å²) in [4.78, 5) is 27.0. The Balaban J connectivity index is 2.15. The molecule has 0 radical (unpaired) electrons. The number of hydrogen-bond acceptors (Lipinski definition) is 3. The molecule has 0 heterocycles. The third-order valence-corrected chi connectivity index (χ3v) is 4.84. The number of aryl methyl sites for hydroxylation is 1. The fourth-order valence-corrected chi connectivity index (χ4v) is 2.98. The van der Waals surface area contributed by atoms with Gasteiger partial charge in [0.05, 0.1) is 0 Å². The second-order valence-corrected chi connectivity index (χ2v) is 7.96. The van der Waals surface area contributed by atoms with E-state index in [1.165, 1.54) is 0 Å². The van der Waals surface area contributed by atoms with Crippen molar-refractivity contribution < 1.29 is 14.3 Å². The summed E-state index contributed by atoms with van der Waals surface area (Å²) in [6.07, 6.45) is 0. The van der Waals surface area contributed by atoms with Gasteiger partial charge in [0.1, 0.15) is 11.8 Å². The summed E-state index contributed by atoms with van der Waals surface area (Å²) in [7, 11) is 0. The van der Waals surface area contributed by atoms with Crippen LogP contribution in [0.4, 0.5) is 0 Å². The third-order valence-electron chi connectivity index (χ3n) is 4.31. The first-order valence-electron chi connectivity index (χ1n) is 9.30. The molecule has 0 saturated carbocycles. The van der Waals surface area contributed by atoms with Gasteiger partial charge in [-0.2, -0.15) is 0 Å². The maximum atomic E-state index is 12.9. The Kier molecular flexibility index (Phi) is 8.05. The first kappa shape index (κ1) is 22.0. The van der Waals surface area contributed by atoms with Crippen LogP contribution >= 0.6 is 15.9 Å². The predicted molar refractivity (Wildman–Crippen MR) is 114 cm³/mol. The maximum absolute atomic E-state index is 12.9. The average molecular weight is 447 g/mol. The van der Waals surface area contributed by atoms with Crippen molar-refractivity contribution in [2.45, 2.75) is 46.3 Å². The minimum Gasteiger partial charge on any atom is -0.484 e. The zero-order chi connectivity index (χ0) is 20.7. The van der Waals surface area contributed by atoms with E-state index < -0.39 is 6.04 Å². The van der Waals surface area contributed by atoms with Gasteiger partial charge in [0.2, 0.25) is 5.91 Å². The van der Waals surface area contributed by atoms with E-state index in [1.807, 2.05) is 69.3 Å². The highest BCUT2D eigenvalue weighted by Gasteiger charge is 2.27. The Labute approximate surface area is 175 Å². The molecule has 5 nitrogen and oxygen atoms in total. The number of rotatable bonds is 8. The highest BCUT2D eigenvalue weighted by molar-refractivity contribution is 9.10. The standard InChI is InChI=1S/C22H27BrN2O3/c1-15(2)24-22(27)17(4)25(13-18-9-11-19(23)12-10-18)21(26)14-28-20-8-6-5-7-16(20)3/h5-12,15,17H,13-14H2,1-4H3,(H,24,27).